The predicted molar refractivity (Wildman–Crippen MR) is 131 cm³/mol. The Morgan fingerprint density at radius 3 is 2.12 bits per heavy atom. The molecule has 0 aliphatic rings. The number of para-hydroxylation sites is 2. The SMILES string of the molecule is Cc1cc(C)c(S(=O)(=O)N(C)C(C)c2nc3ccccc3c(=O)n2-c2ccccc2)c(C)c1. The van der Waals surface area contributed by atoms with Crippen molar-refractivity contribution in [3.05, 3.63) is 99.6 Å². The van der Waals surface area contributed by atoms with Gasteiger partial charge in [-0.1, -0.05) is 48.0 Å². The monoisotopic (exact) mass is 461 g/mol. The van der Waals surface area contributed by atoms with E-state index in [1.807, 2.05) is 55.5 Å². The second-order valence-electron chi connectivity index (χ2n) is 8.39. The average Bonchev–Trinajstić information content (AvgIpc) is 2.77. The molecule has 7 heteroatoms. The molecule has 3 aromatic carbocycles. The van der Waals surface area contributed by atoms with Gasteiger partial charge in [-0.25, -0.2) is 13.4 Å². The number of aromatic nitrogens is 2. The van der Waals surface area contributed by atoms with Crippen molar-refractivity contribution in [2.45, 2.75) is 38.6 Å². The van der Waals surface area contributed by atoms with Crippen LogP contribution in [0.5, 0.6) is 0 Å². The van der Waals surface area contributed by atoms with Crippen LogP contribution in [-0.2, 0) is 10.0 Å². The molecule has 4 rings (SSSR count). The Balaban J connectivity index is 1.93. The highest BCUT2D eigenvalue weighted by Gasteiger charge is 2.32. The number of nitrogens with zero attached hydrogens (tertiary/aromatic N) is 3. The van der Waals surface area contributed by atoms with Crippen molar-refractivity contribution in [2.24, 2.45) is 0 Å². The van der Waals surface area contributed by atoms with Crippen molar-refractivity contribution in [1.82, 2.24) is 13.9 Å². The maximum atomic E-state index is 13.7. The lowest BCUT2D eigenvalue weighted by molar-refractivity contribution is 0.378. The Hall–Kier alpha value is -3.29. The van der Waals surface area contributed by atoms with Crippen LogP contribution < -0.4 is 5.56 Å². The zero-order chi connectivity index (χ0) is 23.9. The number of rotatable bonds is 5. The summed E-state index contributed by atoms with van der Waals surface area (Å²) < 4.78 is 30.2. The Morgan fingerprint density at radius 1 is 0.909 bits per heavy atom. The zero-order valence-corrected chi connectivity index (χ0v) is 20.2. The number of benzene rings is 3. The second-order valence-corrected chi connectivity index (χ2v) is 10.3. The van der Waals surface area contributed by atoms with Crippen LogP contribution in [0.1, 0.15) is 35.5 Å². The summed E-state index contributed by atoms with van der Waals surface area (Å²) >= 11 is 0. The highest BCUT2D eigenvalue weighted by Crippen LogP contribution is 2.30. The number of sulfonamides is 1. The van der Waals surface area contributed by atoms with Crippen LogP contribution in [0, 0.1) is 20.8 Å². The van der Waals surface area contributed by atoms with Gasteiger partial charge in [0.2, 0.25) is 10.0 Å². The standard InChI is InChI=1S/C26H27N3O3S/c1-17-15-18(2)24(19(3)16-17)33(31,32)28(5)20(4)25-27-23-14-10-9-13-22(23)26(30)29(25)21-11-7-6-8-12-21/h6-16,20H,1-5H3. The van der Waals surface area contributed by atoms with Crippen molar-refractivity contribution < 1.29 is 8.42 Å². The molecule has 1 aromatic heterocycles. The van der Waals surface area contributed by atoms with E-state index < -0.39 is 16.1 Å². The van der Waals surface area contributed by atoms with Crippen molar-refractivity contribution in [1.29, 1.82) is 0 Å². The van der Waals surface area contributed by atoms with Gasteiger partial charge in [0.25, 0.3) is 5.56 Å². The lowest BCUT2D eigenvalue weighted by Crippen LogP contribution is -2.35. The molecule has 0 saturated carbocycles. The maximum Gasteiger partial charge on any atom is 0.266 e. The van der Waals surface area contributed by atoms with E-state index in [0.29, 0.717) is 33.5 Å². The summed E-state index contributed by atoms with van der Waals surface area (Å²) in [5.74, 6) is 0.360. The van der Waals surface area contributed by atoms with Crippen LogP contribution in [0.15, 0.2) is 76.4 Å². The fourth-order valence-electron chi connectivity index (χ4n) is 4.35. The largest absolute Gasteiger partial charge is 0.268 e. The minimum Gasteiger partial charge on any atom is -0.268 e. The highest BCUT2D eigenvalue weighted by molar-refractivity contribution is 7.89. The maximum absolute atomic E-state index is 13.7. The second kappa shape index (κ2) is 8.57. The van der Waals surface area contributed by atoms with Crippen LogP contribution >= 0.6 is 0 Å². The van der Waals surface area contributed by atoms with Crippen molar-refractivity contribution in [3.63, 3.8) is 0 Å². The summed E-state index contributed by atoms with van der Waals surface area (Å²) in [5, 5.41) is 0.480. The van der Waals surface area contributed by atoms with E-state index in [0.717, 1.165) is 5.56 Å². The fraction of sp³-hybridized carbons (Fsp3) is 0.231. The molecule has 0 saturated heterocycles. The summed E-state index contributed by atoms with van der Waals surface area (Å²) in [5.41, 5.74) is 3.33. The van der Waals surface area contributed by atoms with Crippen LogP contribution in [0.25, 0.3) is 16.6 Å². The molecule has 0 fully saturated rings. The third-order valence-corrected chi connectivity index (χ3v) is 8.21. The first-order chi connectivity index (χ1) is 15.6. The first kappa shape index (κ1) is 22.9. The molecule has 0 radical (unpaired) electrons. The first-order valence-corrected chi connectivity index (χ1v) is 12.2. The van der Waals surface area contributed by atoms with Gasteiger partial charge in [0.05, 0.1) is 27.5 Å². The highest BCUT2D eigenvalue weighted by atomic mass is 32.2. The molecular weight excluding hydrogens is 434 g/mol. The van der Waals surface area contributed by atoms with Crippen LogP contribution in [0.3, 0.4) is 0 Å². The quantitative estimate of drug-likeness (QED) is 0.432. The number of hydrogen-bond donors (Lipinski definition) is 0. The molecule has 1 unspecified atom stereocenters. The molecule has 0 aliphatic carbocycles. The lowest BCUT2D eigenvalue weighted by atomic mass is 10.1. The third-order valence-electron chi connectivity index (χ3n) is 5.98. The van der Waals surface area contributed by atoms with E-state index in [-0.39, 0.29) is 10.5 Å². The Labute approximate surface area is 194 Å². The van der Waals surface area contributed by atoms with Crippen LogP contribution in [0.2, 0.25) is 0 Å². The zero-order valence-electron chi connectivity index (χ0n) is 19.4. The van der Waals surface area contributed by atoms with E-state index in [9.17, 15) is 13.2 Å². The van der Waals surface area contributed by atoms with Crippen LogP contribution in [0.4, 0.5) is 0 Å². The molecule has 0 aliphatic heterocycles. The number of aryl methyl sites for hydroxylation is 3. The minimum absolute atomic E-state index is 0.234. The minimum atomic E-state index is -3.85. The smallest absolute Gasteiger partial charge is 0.266 e. The van der Waals surface area contributed by atoms with Crippen molar-refractivity contribution in [2.75, 3.05) is 7.05 Å². The molecule has 1 atom stereocenters. The Morgan fingerprint density at radius 2 is 1.48 bits per heavy atom. The van der Waals surface area contributed by atoms with Crippen LogP contribution in [-0.4, -0.2) is 29.3 Å². The summed E-state index contributed by atoms with van der Waals surface area (Å²) in [4.78, 5) is 18.5. The van der Waals surface area contributed by atoms with E-state index in [2.05, 4.69) is 0 Å². The fourth-order valence-corrected chi connectivity index (χ4v) is 6.08. The Bertz CT molecular complexity index is 1490. The van der Waals surface area contributed by atoms with Crippen molar-refractivity contribution in [3.8, 4) is 5.69 Å². The molecule has 6 nitrogen and oxygen atoms in total. The molecule has 33 heavy (non-hydrogen) atoms. The lowest BCUT2D eigenvalue weighted by Gasteiger charge is -2.27. The van der Waals surface area contributed by atoms with Gasteiger partial charge in [-0.2, -0.15) is 4.31 Å². The first-order valence-electron chi connectivity index (χ1n) is 10.8. The summed E-state index contributed by atoms with van der Waals surface area (Å²) in [6.45, 7) is 7.31. The van der Waals surface area contributed by atoms with E-state index in [1.165, 1.54) is 15.9 Å². The normalized spacial score (nSPS) is 12.9. The average molecular weight is 462 g/mol. The molecule has 4 aromatic rings. The summed E-state index contributed by atoms with van der Waals surface area (Å²) in [7, 11) is -2.31. The van der Waals surface area contributed by atoms with Gasteiger partial charge >= 0.3 is 0 Å². The molecule has 0 amide bonds. The van der Waals surface area contributed by atoms with Gasteiger partial charge < -0.3 is 0 Å². The number of fused-ring (bicyclic) bond motifs is 1. The van der Waals surface area contributed by atoms with E-state index in [4.69, 9.17) is 4.98 Å². The van der Waals surface area contributed by atoms with E-state index in [1.54, 1.807) is 39.0 Å². The van der Waals surface area contributed by atoms with Gasteiger partial charge in [-0.3, -0.25) is 9.36 Å². The molecule has 1 heterocycles. The van der Waals surface area contributed by atoms with E-state index >= 15 is 0 Å². The van der Waals surface area contributed by atoms with Gasteiger partial charge in [-0.05, 0) is 63.1 Å². The molecule has 0 spiro atoms. The van der Waals surface area contributed by atoms with Crippen molar-refractivity contribution >= 4 is 20.9 Å². The summed E-state index contributed by atoms with van der Waals surface area (Å²) in [6, 6.07) is 19.3. The molecular formula is C26H27N3O3S. The van der Waals surface area contributed by atoms with Gasteiger partial charge in [0, 0.05) is 7.05 Å². The van der Waals surface area contributed by atoms with Gasteiger partial charge in [-0.15, -0.1) is 0 Å². The molecule has 170 valence electrons. The molecule has 0 bridgehead atoms. The third kappa shape index (κ3) is 3.98. The Kier molecular flexibility index (Phi) is 5.95. The number of hydrogen-bond acceptors (Lipinski definition) is 4. The summed E-state index contributed by atoms with van der Waals surface area (Å²) in [6.07, 6.45) is 0. The molecule has 0 N–H and O–H groups in total. The van der Waals surface area contributed by atoms with Gasteiger partial charge in [0.15, 0.2) is 0 Å². The topological polar surface area (TPSA) is 72.3 Å². The predicted octanol–water partition coefficient (Wildman–Crippen LogP) is 4.69. The van der Waals surface area contributed by atoms with Gasteiger partial charge in [0.1, 0.15) is 5.82 Å².